The average Bonchev–Trinajstić information content (AvgIpc) is 3.33. The number of hydrogen-bond acceptors (Lipinski definition) is 6. The summed E-state index contributed by atoms with van der Waals surface area (Å²) in [5, 5.41) is 9.75. The molecule has 1 aliphatic rings. The minimum atomic E-state index is -0.348. The Morgan fingerprint density at radius 3 is 2.47 bits per heavy atom. The highest BCUT2D eigenvalue weighted by molar-refractivity contribution is 7.98. The second-order valence-corrected chi connectivity index (χ2v) is 8.56. The van der Waals surface area contributed by atoms with Crippen LogP contribution in [0.3, 0.4) is 0 Å². The van der Waals surface area contributed by atoms with Gasteiger partial charge in [-0.05, 0) is 35.9 Å². The maximum Gasteiger partial charge on any atom is 0.289 e. The molecule has 3 aromatic rings. The molecule has 4 rings (SSSR count). The van der Waals surface area contributed by atoms with Gasteiger partial charge in [0.15, 0.2) is 5.76 Å². The largest absolute Gasteiger partial charge is 0.497 e. The number of piperazine rings is 1. The highest BCUT2D eigenvalue weighted by Gasteiger charge is 2.29. The van der Waals surface area contributed by atoms with Crippen LogP contribution in [0.2, 0.25) is 0 Å². The van der Waals surface area contributed by atoms with Crippen LogP contribution in [0, 0.1) is 11.3 Å². The van der Waals surface area contributed by atoms with Gasteiger partial charge in [-0.25, -0.2) is 0 Å². The lowest BCUT2D eigenvalue weighted by atomic mass is 10.1. The molecule has 1 aliphatic heterocycles. The smallest absolute Gasteiger partial charge is 0.289 e. The number of thioether (sulfide) groups is 1. The van der Waals surface area contributed by atoms with E-state index in [4.69, 9.17) is 9.15 Å². The van der Waals surface area contributed by atoms with Gasteiger partial charge in [0.25, 0.3) is 5.91 Å². The second kappa shape index (κ2) is 10.4. The summed E-state index contributed by atoms with van der Waals surface area (Å²) in [6.07, 6.45) is 1.58. The van der Waals surface area contributed by atoms with Crippen LogP contribution in [-0.2, 0) is 5.75 Å². The maximum absolute atomic E-state index is 13.1. The number of amides is 1. The summed E-state index contributed by atoms with van der Waals surface area (Å²) in [6.45, 7) is 2.37. The first-order chi connectivity index (χ1) is 15.7. The molecule has 0 radical (unpaired) electrons. The van der Waals surface area contributed by atoms with E-state index in [1.54, 1.807) is 25.1 Å². The van der Waals surface area contributed by atoms with Gasteiger partial charge in [0.1, 0.15) is 11.8 Å². The van der Waals surface area contributed by atoms with Gasteiger partial charge in [0, 0.05) is 42.4 Å². The molecule has 6 nitrogen and oxygen atoms in total. The number of hydrogen-bond donors (Lipinski definition) is 0. The molecule has 164 valence electrons. The minimum absolute atomic E-state index is 0.0868. The fourth-order valence-corrected chi connectivity index (χ4v) is 4.69. The molecule has 1 saturated heterocycles. The molecule has 0 spiro atoms. The van der Waals surface area contributed by atoms with Gasteiger partial charge in [-0.1, -0.05) is 30.3 Å². The SMILES string of the molecule is COc1ccc(C(C#N)N2CCN(C(=O)c3occc3CSc3ccccc3)CC2)cc1. The monoisotopic (exact) mass is 447 g/mol. The predicted molar refractivity (Wildman–Crippen MR) is 124 cm³/mol. The van der Waals surface area contributed by atoms with Gasteiger partial charge < -0.3 is 14.1 Å². The topological polar surface area (TPSA) is 69.7 Å². The van der Waals surface area contributed by atoms with Crippen molar-refractivity contribution in [2.45, 2.75) is 16.7 Å². The van der Waals surface area contributed by atoms with E-state index in [0.717, 1.165) is 21.8 Å². The molecule has 32 heavy (non-hydrogen) atoms. The Labute approximate surface area is 192 Å². The molecule has 2 aromatic carbocycles. The standard InChI is InChI=1S/C25H25N3O3S/c1-30-21-9-7-19(8-10-21)23(17-26)27-12-14-28(15-13-27)25(29)24-20(11-16-31-24)18-32-22-5-3-2-4-6-22/h2-11,16,23H,12-15,18H2,1H3. The van der Waals surface area contributed by atoms with Crippen molar-refractivity contribution >= 4 is 17.7 Å². The molecule has 0 N–H and O–H groups in total. The molecular formula is C25H25N3O3S. The van der Waals surface area contributed by atoms with Gasteiger partial charge in [0.2, 0.25) is 0 Å². The Kier molecular flexibility index (Phi) is 7.15. The van der Waals surface area contributed by atoms with Crippen molar-refractivity contribution in [3.05, 3.63) is 83.8 Å². The lowest BCUT2D eigenvalue weighted by Gasteiger charge is -2.36. The van der Waals surface area contributed by atoms with Crippen LogP contribution in [0.1, 0.15) is 27.7 Å². The summed E-state index contributed by atoms with van der Waals surface area (Å²) in [7, 11) is 1.62. The fourth-order valence-electron chi connectivity index (χ4n) is 3.79. The van der Waals surface area contributed by atoms with E-state index < -0.39 is 0 Å². The highest BCUT2D eigenvalue weighted by Crippen LogP contribution is 2.27. The van der Waals surface area contributed by atoms with Gasteiger partial charge in [0.05, 0.1) is 19.4 Å². The van der Waals surface area contributed by atoms with E-state index in [2.05, 4.69) is 23.1 Å². The number of rotatable bonds is 7. The first-order valence-corrected chi connectivity index (χ1v) is 11.5. The van der Waals surface area contributed by atoms with E-state index in [1.165, 1.54) is 0 Å². The quantitative estimate of drug-likeness (QED) is 0.493. The molecule has 1 fully saturated rings. The third-order valence-electron chi connectivity index (χ3n) is 5.60. The number of nitriles is 1. The molecule has 1 atom stereocenters. The molecule has 0 aliphatic carbocycles. The Balaban J connectivity index is 1.36. The predicted octanol–water partition coefficient (Wildman–Crippen LogP) is 4.60. The molecule has 0 bridgehead atoms. The van der Waals surface area contributed by atoms with E-state index in [-0.39, 0.29) is 11.9 Å². The van der Waals surface area contributed by atoms with Crippen molar-refractivity contribution in [1.29, 1.82) is 5.26 Å². The van der Waals surface area contributed by atoms with E-state index in [0.29, 0.717) is 37.7 Å². The Morgan fingerprint density at radius 1 is 1.09 bits per heavy atom. The highest BCUT2D eigenvalue weighted by atomic mass is 32.2. The van der Waals surface area contributed by atoms with Crippen molar-refractivity contribution in [3.8, 4) is 11.8 Å². The van der Waals surface area contributed by atoms with Crippen LogP contribution < -0.4 is 4.74 Å². The lowest BCUT2D eigenvalue weighted by Crippen LogP contribution is -2.49. The summed E-state index contributed by atoms with van der Waals surface area (Å²) in [6, 6.07) is 21.6. The van der Waals surface area contributed by atoms with E-state index in [9.17, 15) is 10.1 Å². The Morgan fingerprint density at radius 2 is 1.81 bits per heavy atom. The summed E-state index contributed by atoms with van der Waals surface area (Å²) in [5.41, 5.74) is 1.83. The Bertz CT molecular complexity index is 1070. The van der Waals surface area contributed by atoms with Crippen LogP contribution in [0.25, 0.3) is 0 Å². The number of carbonyl (C=O) groups excluding carboxylic acids is 1. The molecule has 1 aromatic heterocycles. The van der Waals surface area contributed by atoms with Crippen LogP contribution in [0.5, 0.6) is 5.75 Å². The number of carbonyl (C=O) groups is 1. The Hall–Kier alpha value is -3.21. The molecule has 2 heterocycles. The number of ether oxygens (including phenoxy) is 1. The summed E-state index contributed by atoms with van der Waals surface area (Å²) in [4.78, 5) is 18.2. The second-order valence-electron chi connectivity index (χ2n) is 7.51. The zero-order chi connectivity index (χ0) is 22.3. The minimum Gasteiger partial charge on any atom is -0.497 e. The average molecular weight is 448 g/mol. The van der Waals surface area contributed by atoms with Crippen molar-refractivity contribution < 1.29 is 13.9 Å². The van der Waals surface area contributed by atoms with Gasteiger partial charge in [-0.15, -0.1) is 11.8 Å². The number of nitrogens with zero attached hydrogens (tertiary/aromatic N) is 3. The maximum atomic E-state index is 13.1. The normalized spacial score (nSPS) is 15.2. The third-order valence-corrected chi connectivity index (χ3v) is 6.66. The molecule has 0 saturated carbocycles. The van der Waals surface area contributed by atoms with Gasteiger partial charge in [-0.3, -0.25) is 9.69 Å². The fraction of sp³-hybridized carbons (Fsp3) is 0.280. The first-order valence-electron chi connectivity index (χ1n) is 10.5. The molecule has 1 unspecified atom stereocenters. The molecule has 1 amide bonds. The van der Waals surface area contributed by atoms with Crippen LogP contribution in [-0.4, -0.2) is 49.0 Å². The van der Waals surface area contributed by atoms with Crippen molar-refractivity contribution in [2.24, 2.45) is 0 Å². The van der Waals surface area contributed by atoms with Crippen LogP contribution in [0.4, 0.5) is 0 Å². The van der Waals surface area contributed by atoms with Gasteiger partial charge in [-0.2, -0.15) is 5.26 Å². The molecular weight excluding hydrogens is 422 g/mol. The molecule has 7 heteroatoms. The zero-order valence-corrected chi connectivity index (χ0v) is 18.8. The van der Waals surface area contributed by atoms with Gasteiger partial charge >= 0.3 is 0 Å². The number of benzene rings is 2. The van der Waals surface area contributed by atoms with Crippen LogP contribution in [0.15, 0.2) is 76.2 Å². The van der Waals surface area contributed by atoms with E-state index >= 15 is 0 Å². The summed E-state index contributed by atoms with van der Waals surface area (Å²) in [5.74, 6) is 1.76. The summed E-state index contributed by atoms with van der Waals surface area (Å²) < 4.78 is 10.8. The number of furan rings is 1. The lowest BCUT2D eigenvalue weighted by molar-refractivity contribution is 0.0575. The number of methoxy groups -OCH3 is 1. The zero-order valence-electron chi connectivity index (χ0n) is 17.9. The first kappa shape index (κ1) is 22.0. The third kappa shape index (κ3) is 4.98. The van der Waals surface area contributed by atoms with Crippen molar-refractivity contribution in [3.63, 3.8) is 0 Å². The van der Waals surface area contributed by atoms with Crippen molar-refractivity contribution in [2.75, 3.05) is 33.3 Å². The van der Waals surface area contributed by atoms with Crippen molar-refractivity contribution in [1.82, 2.24) is 9.80 Å². The summed E-state index contributed by atoms with van der Waals surface area (Å²) >= 11 is 1.68. The van der Waals surface area contributed by atoms with Crippen LogP contribution >= 0.6 is 11.8 Å². The van der Waals surface area contributed by atoms with E-state index in [1.807, 2.05) is 53.4 Å².